The fraction of sp³-hybridized carbons (Fsp3) is 0.188. The molecule has 240 valence electrons. The second-order valence-corrected chi connectivity index (χ2v) is 14.0. The highest BCUT2D eigenvalue weighted by molar-refractivity contribution is 8.04. The smallest absolute Gasteiger partial charge is 0.274 e. The molecular weight excluding hydrogens is 642 g/mol. The molecule has 0 aliphatic rings. The lowest BCUT2D eigenvalue weighted by Gasteiger charge is -2.13. The Kier molecular flexibility index (Phi) is 9.33. The molecule has 0 amide bonds. The van der Waals surface area contributed by atoms with Gasteiger partial charge in [0.25, 0.3) is 20.0 Å². The van der Waals surface area contributed by atoms with Crippen molar-refractivity contribution < 1.29 is 30.0 Å². The molecule has 46 heavy (non-hydrogen) atoms. The Hall–Kier alpha value is -4.53. The largest absolute Gasteiger partial charge is 0.418 e. The Labute approximate surface area is 264 Å². The fourth-order valence-corrected chi connectivity index (χ4v) is 8.07. The summed E-state index contributed by atoms with van der Waals surface area (Å²) in [5, 5.41) is 4.29. The number of nitrogens with one attached hydrogen (secondary N) is 1. The van der Waals surface area contributed by atoms with Crippen molar-refractivity contribution in [3.63, 3.8) is 0 Å². The number of halogens is 3. The number of rotatable bonds is 11. The molecule has 0 saturated carbocycles. The van der Waals surface area contributed by atoms with Gasteiger partial charge in [0.05, 0.1) is 27.6 Å². The van der Waals surface area contributed by atoms with Crippen molar-refractivity contribution in [2.45, 2.75) is 48.7 Å². The number of aryl methyl sites for hydroxylation is 1. The van der Waals surface area contributed by atoms with E-state index in [0.717, 1.165) is 17.2 Å². The first-order valence-corrected chi connectivity index (χ1v) is 17.2. The molecule has 0 saturated heterocycles. The quantitative estimate of drug-likeness (QED) is 0.190. The van der Waals surface area contributed by atoms with E-state index >= 15 is 0 Å². The van der Waals surface area contributed by atoms with Gasteiger partial charge in [-0.15, -0.1) is 9.23 Å². The molecule has 9 nitrogen and oxygen atoms in total. The SMILES string of the molecule is CCCCc1nn(-c2ccccc2C(F)(F)F)c(=O)n1Cc1ccc(-c2ccccc2S(=O)(=O)NS(=O)(=O)c2ccccc2)cc1. The highest BCUT2D eigenvalue weighted by Gasteiger charge is 2.35. The van der Waals surface area contributed by atoms with Gasteiger partial charge < -0.3 is 0 Å². The van der Waals surface area contributed by atoms with Gasteiger partial charge in [0.2, 0.25) is 0 Å². The number of hydrogen-bond donors (Lipinski definition) is 1. The van der Waals surface area contributed by atoms with Gasteiger partial charge in [-0.3, -0.25) is 4.57 Å². The molecule has 0 radical (unpaired) electrons. The molecule has 14 heteroatoms. The van der Waals surface area contributed by atoms with Crippen LogP contribution in [0, 0.1) is 0 Å². The van der Waals surface area contributed by atoms with Crippen LogP contribution in [0.5, 0.6) is 0 Å². The Morgan fingerprint density at radius 1 is 0.783 bits per heavy atom. The monoisotopic (exact) mass is 670 g/mol. The molecule has 0 fully saturated rings. The minimum absolute atomic E-state index is 0.00314. The summed E-state index contributed by atoms with van der Waals surface area (Å²) in [7, 11) is -8.93. The third-order valence-corrected chi connectivity index (χ3v) is 10.8. The van der Waals surface area contributed by atoms with Gasteiger partial charge in [-0.1, -0.05) is 86.1 Å². The molecule has 0 unspecified atom stereocenters. The molecule has 5 rings (SSSR count). The van der Waals surface area contributed by atoms with Crippen molar-refractivity contribution in [1.82, 2.24) is 18.5 Å². The molecule has 0 bridgehead atoms. The van der Waals surface area contributed by atoms with Crippen LogP contribution in [0.1, 0.15) is 36.7 Å². The minimum Gasteiger partial charge on any atom is -0.274 e. The highest BCUT2D eigenvalue weighted by Crippen LogP contribution is 2.33. The molecule has 0 atom stereocenters. The summed E-state index contributed by atoms with van der Waals surface area (Å²) in [6.07, 6.45) is -2.88. The fourth-order valence-electron chi connectivity index (χ4n) is 4.92. The van der Waals surface area contributed by atoms with Crippen molar-refractivity contribution >= 4 is 20.0 Å². The van der Waals surface area contributed by atoms with Crippen molar-refractivity contribution in [3.8, 4) is 16.8 Å². The zero-order chi connectivity index (χ0) is 33.1. The van der Waals surface area contributed by atoms with Gasteiger partial charge in [0.1, 0.15) is 5.82 Å². The van der Waals surface area contributed by atoms with Crippen LogP contribution in [0.25, 0.3) is 16.8 Å². The van der Waals surface area contributed by atoms with Gasteiger partial charge in [0.15, 0.2) is 0 Å². The van der Waals surface area contributed by atoms with E-state index in [4.69, 9.17) is 0 Å². The van der Waals surface area contributed by atoms with E-state index in [1.807, 2.05) is 6.92 Å². The number of aromatic nitrogens is 3. The number of hydrogen-bond acceptors (Lipinski definition) is 6. The molecular formula is C32H29F3N4O5S2. The highest BCUT2D eigenvalue weighted by atomic mass is 32.3. The van der Waals surface area contributed by atoms with Crippen molar-refractivity contribution in [2.75, 3.05) is 0 Å². The lowest BCUT2D eigenvalue weighted by molar-refractivity contribution is -0.137. The van der Waals surface area contributed by atoms with Crippen molar-refractivity contribution in [1.29, 1.82) is 0 Å². The lowest BCUT2D eigenvalue weighted by Crippen LogP contribution is -2.31. The van der Waals surface area contributed by atoms with E-state index in [9.17, 15) is 34.8 Å². The van der Waals surface area contributed by atoms with Gasteiger partial charge in [-0.25, -0.2) is 21.6 Å². The zero-order valence-corrected chi connectivity index (χ0v) is 26.1. The van der Waals surface area contributed by atoms with E-state index in [2.05, 4.69) is 5.10 Å². The average molecular weight is 671 g/mol. The van der Waals surface area contributed by atoms with E-state index in [-0.39, 0.29) is 27.6 Å². The summed E-state index contributed by atoms with van der Waals surface area (Å²) in [4.78, 5) is 13.0. The topological polar surface area (TPSA) is 120 Å². The van der Waals surface area contributed by atoms with Crippen LogP contribution in [0.3, 0.4) is 0 Å². The summed E-state index contributed by atoms with van der Waals surface area (Å²) in [5.41, 5.74) is -0.774. The molecule has 0 aliphatic heterocycles. The third kappa shape index (κ3) is 6.98. The second kappa shape index (κ2) is 13.1. The summed E-state index contributed by atoms with van der Waals surface area (Å²) in [5.74, 6) is 0.329. The van der Waals surface area contributed by atoms with Crippen LogP contribution >= 0.6 is 0 Å². The first kappa shape index (κ1) is 32.9. The minimum atomic E-state index is -4.69. The summed E-state index contributed by atoms with van der Waals surface area (Å²) < 4.78 is 97.3. The Bertz CT molecular complexity index is 2130. The standard InChI is InChI=1S/C32H29F3N4O5S2/c1-2-3-17-30-36-39(28-15-9-8-14-27(28)32(33,34)35)31(40)38(30)22-23-18-20-24(21-19-23)26-13-7-10-16-29(26)46(43,44)37-45(41,42)25-11-5-4-6-12-25/h4-16,18-21,37H,2-3,17,22H2,1H3. The van der Waals surface area contributed by atoms with Gasteiger partial charge in [-0.2, -0.15) is 17.9 Å². The Morgan fingerprint density at radius 2 is 1.41 bits per heavy atom. The molecule has 1 aromatic heterocycles. The Morgan fingerprint density at radius 3 is 2.09 bits per heavy atom. The lowest BCUT2D eigenvalue weighted by atomic mass is 10.0. The van der Waals surface area contributed by atoms with Crippen LogP contribution in [0.15, 0.2) is 118 Å². The molecule has 0 aliphatic carbocycles. The van der Waals surface area contributed by atoms with E-state index < -0.39 is 37.5 Å². The average Bonchev–Trinajstić information content (AvgIpc) is 3.34. The van der Waals surface area contributed by atoms with Crippen LogP contribution in [0.2, 0.25) is 0 Å². The molecule has 5 aromatic rings. The van der Waals surface area contributed by atoms with E-state index in [1.54, 1.807) is 40.5 Å². The zero-order valence-electron chi connectivity index (χ0n) is 24.5. The normalized spacial score (nSPS) is 12.3. The molecule has 1 N–H and O–H groups in total. The maximum Gasteiger partial charge on any atom is 0.418 e. The van der Waals surface area contributed by atoms with Gasteiger partial charge in [0, 0.05) is 12.0 Å². The first-order chi connectivity index (χ1) is 21.8. The number of para-hydroxylation sites is 1. The summed E-state index contributed by atoms with van der Waals surface area (Å²) in [6.45, 7) is 1.95. The number of sulfonamides is 2. The van der Waals surface area contributed by atoms with Crippen molar-refractivity contribution in [3.05, 3.63) is 131 Å². The van der Waals surface area contributed by atoms with Crippen LogP contribution < -0.4 is 9.82 Å². The summed E-state index contributed by atoms with van der Waals surface area (Å²) in [6, 6.07) is 24.3. The van der Waals surface area contributed by atoms with E-state index in [0.29, 0.717) is 29.8 Å². The number of nitrogens with zero attached hydrogens (tertiary/aromatic N) is 3. The summed E-state index contributed by atoms with van der Waals surface area (Å²) >= 11 is 0. The van der Waals surface area contributed by atoms with Crippen LogP contribution in [-0.2, 0) is 39.2 Å². The van der Waals surface area contributed by atoms with E-state index in [1.165, 1.54) is 65.2 Å². The number of benzene rings is 4. The predicted octanol–water partition coefficient (Wildman–Crippen LogP) is 5.78. The second-order valence-electron chi connectivity index (χ2n) is 10.4. The van der Waals surface area contributed by atoms with Crippen LogP contribution in [-0.4, -0.2) is 31.2 Å². The van der Waals surface area contributed by atoms with Gasteiger partial charge >= 0.3 is 11.9 Å². The van der Waals surface area contributed by atoms with Gasteiger partial charge in [-0.05, 0) is 47.9 Å². The van der Waals surface area contributed by atoms with Crippen LogP contribution in [0.4, 0.5) is 13.2 Å². The van der Waals surface area contributed by atoms with Crippen molar-refractivity contribution in [2.24, 2.45) is 0 Å². The molecule has 1 heterocycles. The Balaban J connectivity index is 1.47. The molecule has 0 spiro atoms. The maximum absolute atomic E-state index is 13.7. The first-order valence-electron chi connectivity index (χ1n) is 14.2. The molecule has 4 aromatic carbocycles. The number of unbranched alkanes of at least 4 members (excludes halogenated alkanes) is 1. The predicted molar refractivity (Wildman–Crippen MR) is 166 cm³/mol. The third-order valence-electron chi connectivity index (χ3n) is 7.19. The maximum atomic E-state index is 13.7. The number of alkyl halides is 3.